The second kappa shape index (κ2) is 7.00. The fourth-order valence-corrected chi connectivity index (χ4v) is 5.55. The summed E-state index contributed by atoms with van der Waals surface area (Å²) >= 11 is 3.32. The van der Waals surface area contributed by atoms with Crippen LogP contribution < -0.4 is 0 Å². The summed E-state index contributed by atoms with van der Waals surface area (Å²) in [5, 5.41) is 13.2. The molecule has 2 aromatic heterocycles. The summed E-state index contributed by atoms with van der Waals surface area (Å²) in [5.74, 6) is 0.626. The lowest BCUT2D eigenvalue weighted by Crippen LogP contribution is -2.18. The lowest BCUT2D eigenvalue weighted by molar-refractivity contribution is 0.181. The number of rotatable bonds is 5. The summed E-state index contributed by atoms with van der Waals surface area (Å²) in [6.45, 7) is 0.575. The quantitative estimate of drug-likeness (QED) is 0.399. The van der Waals surface area contributed by atoms with E-state index in [4.69, 9.17) is 0 Å². The van der Waals surface area contributed by atoms with E-state index >= 15 is 0 Å². The minimum atomic E-state index is -0.443. The van der Waals surface area contributed by atoms with Gasteiger partial charge in [0.1, 0.15) is 0 Å². The summed E-state index contributed by atoms with van der Waals surface area (Å²) in [7, 11) is 0. The van der Waals surface area contributed by atoms with Crippen LogP contribution in [0.25, 0.3) is 32.0 Å². The van der Waals surface area contributed by atoms with Crippen LogP contribution in [0.4, 0.5) is 0 Å². The lowest BCUT2D eigenvalue weighted by Gasteiger charge is -2.13. The van der Waals surface area contributed by atoms with Gasteiger partial charge in [0.05, 0.1) is 22.9 Å². The van der Waals surface area contributed by atoms with Gasteiger partial charge in [-0.25, -0.2) is 4.98 Å². The topological polar surface area (TPSA) is 38.1 Å². The molecule has 3 aromatic carbocycles. The Labute approximate surface area is 165 Å². The van der Waals surface area contributed by atoms with Crippen molar-refractivity contribution in [3.63, 3.8) is 0 Å². The van der Waals surface area contributed by atoms with Crippen LogP contribution in [-0.2, 0) is 6.54 Å². The minimum absolute atomic E-state index is 0.443. The normalized spacial score (nSPS) is 12.9. The van der Waals surface area contributed by atoms with Crippen LogP contribution in [0.3, 0.4) is 0 Å². The van der Waals surface area contributed by atoms with Crippen molar-refractivity contribution in [2.75, 3.05) is 5.75 Å². The first kappa shape index (κ1) is 16.8. The van der Waals surface area contributed by atoms with Crippen molar-refractivity contribution < 1.29 is 5.11 Å². The van der Waals surface area contributed by atoms with Gasteiger partial charge in [-0.15, -0.1) is 11.3 Å². The largest absolute Gasteiger partial charge is 0.390 e. The van der Waals surface area contributed by atoms with Gasteiger partial charge in [0, 0.05) is 27.6 Å². The lowest BCUT2D eigenvalue weighted by atomic mass is 10.2. The molecule has 3 nitrogen and oxygen atoms in total. The maximum atomic E-state index is 10.7. The highest BCUT2D eigenvalue weighted by atomic mass is 32.2. The summed E-state index contributed by atoms with van der Waals surface area (Å²) in [4.78, 5) is 4.65. The van der Waals surface area contributed by atoms with E-state index in [9.17, 15) is 5.11 Å². The first-order valence-electron chi connectivity index (χ1n) is 8.92. The van der Waals surface area contributed by atoms with Crippen molar-refractivity contribution in [3.8, 4) is 0 Å². The fourth-order valence-electron chi connectivity index (χ4n) is 3.54. The molecule has 2 heterocycles. The van der Waals surface area contributed by atoms with Crippen LogP contribution in [0.5, 0.6) is 0 Å². The predicted octanol–water partition coefficient (Wildman–Crippen LogP) is 5.56. The highest BCUT2D eigenvalue weighted by Gasteiger charge is 2.14. The number of para-hydroxylation sites is 3. The zero-order valence-corrected chi connectivity index (χ0v) is 16.2. The first-order valence-corrected chi connectivity index (χ1v) is 10.7. The molecule has 5 heteroatoms. The Kier molecular flexibility index (Phi) is 4.36. The number of fused-ring (bicyclic) bond motifs is 4. The van der Waals surface area contributed by atoms with Gasteiger partial charge in [-0.05, 0) is 24.3 Å². The standard InChI is InChI=1S/C22H18N2OS2/c25-15(14-26-22-23-18-9-3-6-12-21(18)27-22)13-24-19-10-4-1-7-16(19)17-8-2-5-11-20(17)24/h1-12,15,25H,13-14H2/t15-/m0/s1. The number of nitrogens with zero attached hydrogens (tertiary/aromatic N) is 2. The van der Waals surface area contributed by atoms with Crippen molar-refractivity contribution in [2.45, 2.75) is 17.0 Å². The van der Waals surface area contributed by atoms with Crippen LogP contribution in [0, 0.1) is 0 Å². The third-order valence-corrected chi connectivity index (χ3v) is 7.07. The van der Waals surface area contributed by atoms with Gasteiger partial charge in [-0.1, -0.05) is 60.3 Å². The van der Waals surface area contributed by atoms with Crippen molar-refractivity contribution in [3.05, 3.63) is 72.8 Å². The Bertz CT molecular complexity index is 1150. The van der Waals surface area contributed by atoms with Crippen LogP contribution >= 0.6 is 23.1 Å². The highest BCUT2D eigenvalue weighted by Crippen LogP contribution is 2.31. The van der Waals surface area contributed by atoms with Gasteiger partial charge in [0.15, 0.2) is 4.34 Å². The number of aliphatic hydroxyl groups is 1. The number of thiazole rings is 1. The molecule has 5 rings (SSSR count). The average molecular weight is 391 g/mol. The number of benzene rings is 3. The van der Waals surface area contributed by atoms with Crippen LogP contribution in [-0.4, -0.2) is 26.5 Å². The van der Waals surface area contributed by atoms with E-state index in [1.807, 2.05) is 18.2 Å². The molecule has 0 aliphatic heterocycles. The van der Waals surface area contributed by atoms with Crippen LogP contribution in [0.15, 0.2) is 77.1 Å². The van der Waals surface area contributed by atoms with E-state index in [0.717, 1.165) is 9.86 Å². The summed E-state index contributed by atoms with van der Waals surface area (Å²) < 4.78 is 4.43. The number of thioether (sulfide) groups is 1. The monoisotopic (exact) mass is 390 g/mol. The van der Waals surface area contributed by atoms with Crippen molar-refractivity contribution in [2.24, 2.45) is 0 Å². The highest BCUT2D eigenvalue weighted by molar-refractivity contribution is 8.01. The van der Waals surface area contributed by atoms with Crippen molar-refractivity contribution in [1.29, 1.82) is 0 Å². The molecule has 1 atom stereocenters. The zero-order valence-electron chi connectivity index (χ0n) is 14.6. The smallest absolute Gasteiger partial charge is 0.151 e. The molecule has 27 heavy (non-hydrogen) atoms. The molecular formula is C22H18N2OS2. The number of aromatic nitrogens is 2. The molecule has 134 valence electrons. The SMILES string of the molecule is O[C@H](CSc1nc2ccccc2s1)Cn1c2ccccc2c2ccccc21. The Hall–Kier alpha value is -2.34. The van der Waals surface area contributed by atoms with Gasteiger partial charge in [-0.2, -0.15) is 0 Å². The molecule has 1 N–H and O–H groups in total. The molecule has 0 spiro atoms. The second-order valence-electron chi connectivity index (χ2n) is 6.56. The van der Waals surface area contributed by atoms with E-state index in [2.05, 4.69) is 64.1 Å². The number of hydrogen-bond acceptors (Lipinski definition) is 4. The Morgan fingerprint density at radius 2 is 1.52 bits per heavy atom. The van der Waals surface area contributed by atoms with Gasteiger partial charge in [-0.3, -0.25) is 0 Å². The molecule has 0 unspecified atom stereocenters. The first-order chi connectivity index (χ1) is 13.3. The average Bonchev–Trinajstić information content (AvgIpc) is 3.26. The molecule has 0 radical (unpaired) electrons. The molecule has 0 fully saturated rings. The molecule has 0 saturated heterocycles. The summed E-state index contributed by atoms with van der Waals surface area (Å²) in [6, 6.07) is 25.0. The van der Waals surface area contributed by atoms with Crippen LogP contribution in [0.2, 0.25) is 0 Å². The zero-order chi connectivity index (χ0) is 18.2. The van der Waals surface area contributed by atoms with E-state index in [1.54, 1.807) is 23.1 Å². The summed E-state index contributed by atoms with van der Waals surface area (Å²) in [5.41, 5.74) is 3.37. The Morgan fingerprint density at radius 1 is 0.889 bits per heavy atom. The second-order valence-corrected chi connectivity index (χ2v) is 8.86. The predicted molar refractivity (Wildman–Crippen MR) is 116 cm³/mol. The third-order valence-electron chi connectivity index (χ3n) is 4.75. The molecule has 0 bridgehead atoms. The van der Waals surface area contributed by atoms with Gasteiger partial charge < -0.3 is 9.67 Å². The van der Waals surface area contributed by atoms with E-state index in [1.165, 1.54) is 26.5 Å². The molecule has 0 saturated carbocycles. The molecule has 0 aliphatic carbocycles. The maximum Gasteiger partial charge on any atom is 0.151 e. The van der Waals surface area contributed by atoms with Crippen LogP contribution in [0.1, 0.15) is 0 Å². The van der Waals surface area contributed by atoms with Crippen molar-refractivity contribution in [1.82, 2.24) is 9.55 Å². The third kappa shape index (κ3) is 3.12. The van der Waals surface area contributed by atoms with Crippen molar-refractivity contribution >= 4 is 55.1 Å². The Balaban J connectivity index is 1.39. The van der Waals surface area contributed by atoms with E-state index < -0.39 is 6.10 Å². The summed E-state index contributed by atoms with van der Waals surface area (Å²) in [6.07, 6.45) is -0.443. The molecule has 5 aromatic rings. The van der Waals surface area contributed by atoms with Gasteiger partial charge >= 0.3 is 0 Å². The number of aliphatic hydroxyl groups excluding tert-OH is 1. The Morgan fingerprint density at radius 3 is 2.22 bits per heavy atom. The van der Waals surface area contributed by atoms with E-state index in [-0.39, 0.29) is 0 Å². The van der Waals surface area contributed by atoms with E-state index in [0.29, 0.717) is 12.3 Å². The molecule has 0 amide bonds. The van der Waals surface area contributed by atoms with Gasteiger partial charge in [0.25, 0.3) is 0 Å². The number of hydrogen-bond donors (Lipinski definition) is 1. The minimum Gasteiger partial charge on any atom is -0.390 e. The fraction of sp³-hybridized carbons (Fsp3) is 0.136. The maximum absolute atomic E-state index is 10.7. The molecular weight excluding hydrogens is 372 g/mol. The van der Waals surface area contributed by atoms with Gasteiger partial charge in [0.2, 0.25) is 0 Å². The molecule has 0 aliphatic rings.